The van der Waals surface area contributed by atoms with Crippen LogP contribution >= 0.6 is 0 Å². The van der Waals surface area contributed by atoms with E-state index in [0.717, 1.165) is 21.9 Å². The first-order valence-electron chi connectivity index (χ1n) is 14.0. The first-order chi connectivity index (χ1) is 20.0. The van der Waals surface area contributed by atoms with E-state index in [9.17, 15) is 18.0 Å². The van der Waals surface area contributed by atoms with Crippen LogP contribution in [0.5, 0.6) is 11.5 Å². The number of amides is 2. The van der Waals surface area contributed by atoms with Crippen LogP contribution in [-0.2, 0) is 26.2 Å². The summed E-state index contributed by atoms with van der Waals surface area (Å²) in [6.07, 6.45) is 0.725. The van der Waals surface area contributed by atoms with E-state index in [1.165, 1.54) is 17.0 Å². The third-order valence-electron chi connectivity index (χ3n) is 6.98. The fourth-order valence-electron chi connectivity index (χ4n) is 4.26. The molecule has 0 saturated carbocycles. The molecule has 0 radical (unpaired) electrons. The molecule has 42 heavy (non-hydrogen) atoms. The molecule has 2 atom stereocenters. The summed E-state index contributed by atoms with van der Waals surface area (Å²) in [6.45, 7) is 9.23. The third-order valence-corrected chi connectivity index (χ3v) is 8.77. The average Bonchev–Trinajstić information content (AvgIpc) is 2.99. The monoisotopic (exact) mass is 595 g/mol. The van der Waals surface area contributed by atoms with E-state index in [1.54, 1.807) is 68.6 Å². The van der Waals surface area contributed by atoms with Crippen molar-refractivity contribution >= 4 is 27.5 Å². The molecule has 0 aromatic heterocycles. The Morgan fingerprint density at radius 1 is 0.929 bits per heavy atom. The van der Waals surface area contributed by atoms with Gasteiger partial charge in [-0.05, 0) is 88.2 Å². The summed E-state index contributed by atoms with van der Waals surface area (Å²) in [5.74, 6) is 0.327. The number of methoxy groups -OCH3 is 1. The summed E-state index contributed by atoms with van der Waals surface area (Å²) in [4.78, 5) is 28.7. The van der Waals surface area contributed by atoms with Crippen LogP contribution in [0.25, 0.3) is 0 Å². The summed E-state index contributed by atoms with van der Waals surface area (Å²) in [5.41, 5.74) is 1.94. The molecule has 0 aliphatic carbocycles. The first-order valence-corrected chi connectivity index (χ1v) is 15.5. The zero-order chi connectivity index (χ0) is 30.9. The smallest absolute Gasteiger partial charge is 0.264 e. The lowest BCUT2D eigenvalue weighted by Crippen LogP contribution is -2.52. The van der Waals surface area contributed by atoms with Gasteiger partial charge in [0.05, 0.1) is 24.3 Å². The Balaban J connectivity index is 2.04. The van der Waals surface area contributed by atoms with Gasteiger partial charge in [0.1, 0.15) is 24.1 Å². The minimum atomic E-state index is -4.15. The molecule has 0 spiro atoms. The molecule has 1 N–H and O–H groups in total. The Hall–Kier alpha value is -4.05. The molecular weight excluding hydrogens is 554 g/mol. The molecule has 0 aliphatic heterocycles. The van der Waals surface area contributed by atoms with Crippen LogP contribution in [0.4, 0.5) is 5.69 Å². The van der Waals surface area contributed by atoms with E-state index in [-0.39, 0.29) is 23.4 Å². The lowest BCUT2D eigenvalue weighted by atomic mass is 10.1. The van der Waals surface area contributed by atoms with Crippen LogP contribution in [0, 0.1) is 6.92 Å². The van der Waals surface area contributed by atoms with Crippen LogP contribution < -0.4 is 19.1 Å². The summed E-state index contributed by atoms with van der Waals surface area (Å²) in [6, 6.07) is 19.2. The predicted molar refractivity (Wildman–Crippen MR) is 164 cm³/mol. The summed E-state index contributed by atoms with van der Waals surface area (Å²) in [7, 11) is -2.60. The SMILES string of the molecule is CCOc1ccc(N(CC(=O)N(Cc2cccc(OC)c2)[C@@H](C)C(=O)N[C@H](C)CC)S(=O)(=O)c2ccc(C)cc2)cc1. The van der Waals surface area contributed by atoms with Gasteiger partial charge in [0.2, 0.25) is 11.8 Å². The highest BCUT2D eigenvalue weighted by Crippen LogP contribution is 2.27. The summed E-state index contributed by atoms with van der Waals surface area (Å²) >= 11 is 0. The fourth-order valence-corrected chi connectivity index (χ4v) is 5.67. The van der Waals surface area contributed by atoms with Crippen molar-refractivity contribution in [3.63, 3.8) is 0 Å². The maximum absolute atomic E-state index is 14.1. The van der Waals surface area contributed by atoms with Crippen molar-refractivity contribution in [2.75, 3.05) is 24.6 Å². The van der Waals surface area contributed by atoms with Crippen LogP contribution in [0.2, 0.25) is 0 Å². The second-order valence-corrected chi connectivity index (χ2v) is 12.0. The number of rotatable bonds is 14. The highest BCUT2D eigenvalue weighted by Gasteiger charge is 2.33. The lowest BCUT2D eigenvalue weighted by Gasteiger charge is -2.32. The Kier molecular flexibility index (Phi) is 11.4. The molecule has 0 bridgehead atoms. The van der Waals surface area contributed by atoms with E-state index in [4.69, 9.17) is 9.47 Å². The summed E-state index contributed by atoms with van der Waals surface area (Å²) < 4.78 is 39.9. The Labute approximate surface area is 249 Å². The van der Waals surface area contributed by atoms with Gasteiger partial charge in [0.15, 0.2) is 0 Å². The quantitative estimate of drug-likeness (QED) is 0.283. The molecule has 0 unspecified atom stereocenters. The van der Waals surface area contributed by atoms with Gasteiger partial charge >= 0.3 is 0 Å². The molecule has 3 aromatic rings. The van der Waals surface area contributed by atoms with Gasteiger partial charge in [-0.25, -0.2) is 8.42 Å². The van der Waals surface area contributed by atoms with Crippen molar-refractivity contribution in [2.45, 2.75) is 64.6 Å². The van der Waals surface area contributed by atoms with Gasteiger partial charge in [-0.15, -0.1) is 0 Å². The van der Waals surface area contributed by atoms with Gasteiger partial charge in [0, 0.05) is 12.6 Å². The van der Waals surface area contributed by atoms with Crippen molar-refractivity contribution in [2.24, 2.45) is 0 Å². The van der Waals surface area contributed by atoms with Crippen LogP contribution in [0.3, 0.4) is 0 Å². The zero-order valence-electron chi connectivity index (χ0n) is 25.2. The van der Waals surface area contributed by atoms with Gasteiger partial charge in [-0.3, -0.25) is 13.9 Å². The lowest BCUT2D eigenvalue weighted by molar-refractivity contribution is -0.139. The molecule has 0 saturated heterocycles. The van der Waals surface area contributed by atoms with Crippen molar-refractivity contribution in [3.05, 3.63) is 83.9 Å². The number of sulfonamides is 1. The third kappa shape index (κ3) is 8.25. The molecule has 10 heteroatoms. The van der Waals surface area contributed by atoms with E-state index in [1.807, 2.05) is 33.8 Å². The average molecular weight is 596 g/mol. The topological polar surface area (TPSA) is 105 Å². The Morgan fingerprint density at radius 2 is 1.60 bits per heavy atom. The Bertz CT molecular complexity index is 1440. The van der Waals surface area contributed by atoms with Gasteiger partial charge < -0.3 is 19.7 Å². The van der Waals surface area contributed by atoms with Crippen molar-refractivity contribution in [1.29, 1.82) is 0 Å². The zero-order valence-corrected chi connectivity index (χ0v) is 26.0. The number of hydrogen-bond acceptors (Lipinski definition) is 6. The number of ether oxygens (including phenoxy) is 2. The van der Waals surface area contributed by atoms with Crippen molar-refractivity contribution in [3.8, 4) is 11.5 Å². The highest BCUT2D eigenvalue weighted by atomic mass is 32.2. The van der Waals surface area contributed by atoms with Gasteiger partial charge in [-0.1, -0.05) is 36.8 Å². The van der Waals surface area contributed by atoms with Gasteiger partial charge in [-0.2, -0.15) is 0 Å². The fraction of sp³-hybridized carbons (Fsp3) is 0.375. The maximum atomic E-state index is 14.1. The number of hydrogen-bond donors (Lipinski definition) is 1. The standard InChI is InChI=1S/C32H41N3O6S/c1-7-24(4)33-32(37)25(5)34(21-26-10-9-11-29(20-26)40-6)31(36)22-35(27-14-16-28(17-15-27)41-8-2)42(38,39)30-18-12-23(3)13-19-30/h9-20,24-25H,7-8,21-22H2,1-6H3,(H,33,37)/t24-,25+/m1/s1. The molecule has 0 heterocycles. The van der Waals surface area contributed by atoms with Crippen LogP contribution in [-0.4, -0.2) is 57.5 Å². The normalized spacial score (nSPS) is 12.6. The second kappa shape index (κ2) is 14.7. The van der Waals surface area contributed by atoms with Crippen molar-refractivity contribution in [1.82, 2.24) is 10.2 Å². The summed E-state index contributed by atoms with van der Waals surface area (Å²) in [5, 5.41) is 2.93. The first kappa shape index (κ1) is 32.5. The highest BCUT2D eigenvalue weighted by molar-refractivity contribution is 7.92. The number of carbonyl (C=O) groups is 2. The number of carbonyl (C=O) groups excluding carboxylic acids is 2. The molecule has 226 valence electrons. The maximum Gasteiger partial charge on any atom is 0.264 e. The largest absolute Gasteiger partial charge is 0.497 e. The molecule has 0 aliphatic rings. The number of nitrogens with one attached hydrogen (secondary N) is 1. The molecule has 0 fully saturated rings. The van der Waals surface area contributed by atoms with Crippen LogP contribution in [0.15, 0.2) is 77.7 Å². The van der Waals surface area contributed by atoms with E-state index in [0.29, 0.717) is 23.8 Å². The Morgan fingerprint density at radius 3 is 2.19 bits per heavy atom. The van der Waals surface area contributed by atoms with Crippen LogP contribution in [0.1, 0.15) is 45.2 Å². The van der Waals surface area contributed by atoms with E-state index >= 15 is 0 Å². The minimum absolute atomic E-state index is 0.0525. The van der Waals surface area contributed by atoms with E-state index < -0.39 is 28.5 Å². The minimum Gasteiger partial charge on any atom is -0.497 e. The molecule has 9 nitrogen and oxygen atoms in total. The number of aryl methyl sites for hydroxylation is 1. The van der Waals surface area contributed by atoms with Crippen molar-refractivity contribution < 1.29 is 27.5 Å². The molecular formula is C32H41N3O6S. The molecule has 2 amide bonds. The molecule has 3 aromatic carbocycles. The molecule has 3 rings (SSSR count). The number of benzene rings is 3. The van der Waals surface area contributed by atoms with Gasteiger partial charge in [0.25, 0.3) is 10.0 Å². The predicted octanol–water partition coefficient (Wildman–Crippen LogP) is 4.93. The number of nitrogens with zero attached hydrogens (tertiary/aromatic N) is 2. The van der Waals surface area contributed by atoms with E-state index in [2.05, 4.69) is 5.32 Å². The second-order valence-electron chi connectivity index (χ2n) is 10.1. The number of anilines is 1.